The van der Waals surface area contributed by atoms with Crippen LogP contribution in [0.4, 0.5) is 0 Å². The predicted octanol–water partition coefficient (Wildman–Crippen LogP) is 2.64. The first-order chi connectivity index (χ1) is 8.06. The van der Waals surface area contributed by atoms with Crippen LogP contribution >= 0.6 is 23.5 Å². The number of hydrogen-bond donors (Lipinski definition) is 1. The van der Waals surface area contributed by atoms with Crippen molar-refractivity contribution in [2.75, 3.05) is 17.3 Å². The van der Waals surface area contributed by atoms with Crippen molar-refractivity contribution in [3.8, 4) is 0 Å². The summed E-state index contributed by atoms with van der Waals surface area (Å²) in [4.78, 5) is 19.4. The summed E-state index contributed by atoms with van der Waals surface area (Å²) >= 11 is 3.33. The molecule has 17 heavy (non-hydrogen) atoms. The molecular weight excluding hydrogens is 256 g/mol. The molecule has 0 unspecified atom stereocenters. The Morgan fingerprint density at radius 1 is 1.29 bits per heavy atom. The molecule has 1 rings (SSSR count). The number of aromatic carboxylic acids is 1. The zero-order valence-electron chi connectivity index (χ0n) is 10.2. The van der Waals surface area contributed by atoms with Crippen LogP contribution in [0.3, 0.4) is 0 Å². The summed E-state index contributed by atoms with van der Waals surface area (Å²) in [5, 5.41) is 9.72. The normalized spacial score (nSPS) is 10.5. The molecule has 1 aromatic rings. The molecule has 0 aliphatic carbocycles. The maximum absolute atomic E-state index is 11.1. The first-order valence-corrected chi connectivity index (χ1v) is 7.49. The fourth-order valence-corrected chi connectivity index (χ4v) is 3.24. The number of rotatable bonds is 6. The van der Waals surface area contributed by atoms with E-state index in [1.165, 1.54) is 11.8 Å². The van der Waals surface area contributed by atoms with Crippen LogP contribution in [0.5, 0.6) is 0 Å². The average Bonchev–Trinajstić information content (AvgIpc) is 2.22. The van der Waals surface area contributed by atoms with Crippen LogP contribution in [0.2, 0.25) is 0 Å². The molecule has 0 saturated heterocycles. The zero-order valence-corrected chi connectivity index (χ0v) is 11.8. The van der Waals surface area contributed by atoms with E-state index in [0.717, 1.165) is 17.3 Å². The average molecular weight is 272 g/mol. The van der Waals surface area contributed by atoms with Gasteiger partial charge in [-0.05, 0) is 19.6 Å². The summed E-state index contributed by atoms with van der Waals surface area (Å²) in [6.07, 6.45) is 0. The monoisotopic (exact) mass is 272 g/mol. The van der Waals surface area contributed by atoms with Crippen molar-refractivity contribution in [3.63, 3.8) is 0 Å². The van der Waals surface area contributed by atoms with Crippen LogP contribution in [0.15, 0.2) is 5.03 Å². The molecule has 0 fully saturated rings. The van der Waals surface area contributed by atoms with Gasteiger partial charge in [-0.3, -0.25) is 0 Å². The van der Waals surface area contributed by atoms with E-state index in [2.05, 4.69) is 16.9 Å². The first kappa shape index (κ1) is 14.3. The minimum Gasteiger partial charge on any atom is -0.478 e. The quantitative estimate of drug-likeness (QED) is 0.488. The van der Waals surface area contributed by atoms with Crippen LogP contribution in [0.1, 0.15) is 28.8 Å². The molecule has 0 aromatic carbocycles. The van der Waals surface area contributed by atoms with Crippen molar-refractivity contribution < 1.29 is 9.90 Å². The van der Waals surface area contributed by atoms with Gasteiger partial charge in [-0.1, -0.05) is 6.92 Å². The lowest BCUT2D eigenvalue weighted by Crippen LogP contribution is -2.08. The van der Waals surface area contributed by atoms with Gasteiger partial charge < -0.3 is 5.11 Å². The van der Waals surface area contributed by atoms with E-state index in [-0.39, 0.29) is 5.56 Å². The molecule has 1 aromatic heterocycles. The summed E-state index contributed by atoms with van der Waals surface area (Å²) in [5.41, 5.74) is 0.776. The van der Waals surface area contributed by atoms with Gasteiger partial charge in [0.1, 0.15) is 16.4 Å². The molecule has 0 radical (unpaired) electrons. The van der Waals surface area contributed by atoms with E-state index in [9.17, 15) is 4.79 Å². The lowest BCUT2D eigenvalue weighted by Gasteiger charge is -2.08. The van der Waals surface area contributed by atoms with E-state index in [0.29, 0.717) is 16.5 Å². The fourth-order valence-electron chi connectivity index (χ4n) is 1.37. The van der Waals surface area contributed by atoms with Gasteiger partial charge in [0.05, 0.1) is 5.69 Å². The second kappa shape index (κ2) is 6.86. The van der Waals surface area contributed by atoms with Crippen molar-refractivity contribution in [3.05, 3.63) is 17.1 Å². The molecule has 0 atom stereocenters. The smallest absolute Gasteiger partial charge is 0.340 e. The predicted molar refractivity (Wildman–Crippen MR) is 72.2 cm³/mol. The topological polar surface area (TPSA) is 63.1 Å². The highest BCUT2D eigenvalue weighted by Gasteiger charge is 2.16. The van der Waals surface area contributed by atoms with E-state index in [1.54, 1.807) is 13.8 Å². The van der Waals surface area contributed by atoms with Gasteiger partial charge in [-0.25, -0.2) is 14.8 Å². The van der Waals surface area contributed by atoms with Gasteiger partial charge in [0.25, 0.3) is 0 Å². The van der Waals surface area contributed by atoms with Crippen LogP contribution in [0.25, 0.3) is 0 Å². The standard InChI is InChI=1S/C11H16N2O2S2/c1-4-16-5-6-17-10-9(11(14)15)7(2)12-8(3)13-10/h4-6H2,1-3H3,(H,14,15). The van der Waals surface area contributed by atoms with Crippen LogP contribution < -0.4 is 0 Å². The lowest BCUT2D eigenvalue weighted by atomic mass is 10.2. The Morgan fingerprint density at radius 2 is 2.00 bits per heavy atom. The summed E-state index contributed by atoms with van der Waals surface area (Å²) < 4.78 is 0. The number of carboxylic acid groups (broad SMARTS) is 1. The molecule has 1 N–H and O–H groups in total. The SMILES string of the molecule is CCSCCSc1nc(C)nc(C)c1C(=O)O. The first-order valence-electron chi connectivity index (χ1n) is 5.35. The fraction of sp³-hybridized carbons (Fsp3) is 0.545. The number of aryl methyl sites for hydroxylation is 2. The Hall–Kier alpha value is -0.750. The van der Waals surface area contributed by atoms with E-state index in [4.69, 9.17) is 5.11 Å². The molecule has 0 saturated carbocycles. The summed E-state index contributed by atoms with van der Waals surface area (Å²) in [6, 6.07) is 0. The number of thioether (sulfide) groups is 2. The van der Waals surface area contributed by atoms with Crippen molar-refractivity contribution in [1.29, 1.82) is 0 Å². The Bertz CT molecular complexity index is 411. The second-order valence-corrected chi connectivity index (χ2v) is 5.86. The molecule has 4 nitrogen and oxygen atoms in total. The van der Waals surface area contributed by atoms with Crippen LogP contribution in [-0.2, 0) is 0 Å². The third kappa shape index (κ3) is 4.20. The Labute approximate surface area is 110 Å². The Balaban J connectivity index is 2.85. The van der Waals surface area contributed by atoms with Gasteiger partial charge in [0.2, 0.25) is 0 Å². The molecule has 0 aliphatic heterocycles. The molecule has 6 heteroatoms. The number of hydrogen-bond acceptors (Lipinski definition) is 5. The van der Waals surface area contributed by atoms with Crippen molar-refractivity contribution in [2.24, 2.45) is 0 Å². The molecule has 0 amide bonds. The molecule has 1 heterocycles. The van der Waals surface area contributed by atoms with Crippen molar-refractivity contribution >= 4 is 29.5 Å². The van der Waals surface area contributed by atoms with Gasteiger partial charge >= 0.3 is 5.97 Å². The molecule has 0 aliphatic rings. The Kier molecular flexibility index (Phi) is 5.77. The second-order valence-electron chi connectivity index (χ2n) is 3.39. The maximum atomic E-state index is 11.1. The molecular formula is C11H16N2O2S2. The molecule has 0 bridgehead atoms. The number of nitrogens with zero attached hydrogens (tertiary/aromatic N) is 2. The lowest BCUT2D eigenvalue weighted by molar-refractivity contribution is 0.0690. The summed E-state index contributed by atoms with van der Waals surface area (Å²) in [6.45, 7) is 5.60. The van der Waals surface area contributed by atoms with E-state index < -0.39 is 5.97 Å². The highest BCUT2D eigenvalue weighted by molar-refractivity contribution is 8.02. The summed E-state index contributed by atoms with van der Waals surface area (Å²) in [7, 11) is 0. The highest BCUT2D eigenvalue weighted by Crippen LogP contribution is 2.23. The minimum absolute atomic E-state index is 0.238. The molecule has 94 valence electrons. The van der Waals surface area contributed by atoms with E-state index in [1.807, 2.05) is 11.8 Å². The third-order valence-corrected chi connectivity index (χ3v) is 4.19. The van der Waals surface area contributed by atoms with Crippen LogP contribution in [-0.4, -0.2) is 38.3 Å². The number of carboxylic acids is 1. The number of aromatic nitrogens is 2. The molecule has 0 spiro atoms. The van der Waals surface area contributed by atoms with Gasteiger partial charge in [-0.2, -0.15) is 11.8 Å². The van der Waals surface area contributed by atoms with Crippen LogP contribution in [0, 0.1) is 13.8 Å². The van der Waals surface area contributed by atoms with Crippen molar-refractivity contribution in [1.82, 2.24) is 9.97 Å². The Morgan fingerprint density at radius 3 is 2.59 bits per heavy atom. The summed E-state index contributed by atoms with van der Waals surface area (Å²) in [5.74, 6) is 2.62. The number of carbonyl (C=O) groups is 1. The minimum atomic E-state index is -0.951. The maximum Gasteiger partial charge on any atom is 0.340 e. The highest BCUT2D eigenvalue weighted by atomic mass is 32.2. The van der Waals surface area contributed by atoms with E-state index >= 15 is 0 Å². The third-order valence-electron chi connectivity index (χ3n) is 2.05. The zero-order chi connectivity index (χ0) is 12.8. The van der Waals surface area contributed by atoms with Gasteiger partial charge in [0, 0.05) is 11.5 Å². The largest absolute Gasteiger partial charge is 0.478 e. The van der Waals surface area contributed by atoms with Gasteiger partial charge in [-0.15, -0.1) is 11.8 Å². The van der Waals surface area contributed by atoms with Gasteiger partial charge in [0.15, 0.2) is 0 Å². The van der Waals surface area contributed by atoms with Crippen molar-refractivity contribution in [2.45, 2.75) is 25.8 Å².